The number of aliphatic carboxylic acids is 1. The van der Waals surface area contributed by atoms with Crippen LogP contribution < -0.4 is 0 Å². The maximum absolute atomic E-state index is 11.3. The quantitative estimate of drug-likeness (QED) is 0.820. The molecule has 2 rings (SSSR count). The first-order chi connectivity index (χ1) is 8.08. The Morgan fingerprint density at radius 3 is 2.53 bits per heavy atom. The molecular formula is C14H25NO2. The molecule has 1 N–H and O–H groups in total. The zero-order chi connectivity index (χ0) is 12.4. The monoisotopic (exact) mass is 239 g/mol. The molecule has 2 fully saturated rings. The van der Waals surface area contributed by atoms with Crippen LogP contribution in [0.1, 0.15) is 45.4 Å². The van der Waals surface area contributed by atoms with Crippen molar-refractivity contribution in [2.24, 2.45) is 17.8 Å². The smallest absolute Gasteiger partial charge is 0.308 e. The van der Waals surface area contributed by atoms with Gasteiger partial charge in [-0.3, -0.25) is 4.79 Å². The van der Waals surface area contributed by atoms with Crippen LogP contribution in [0.25, 0.3) is 0 Å². The molecule has 17 heavy (non-hydrogen) atoms. The van der Waals surface area contributed by atoms with Crippen molar-refractivity contribution in [1.82, 2.24) is 4.90 Å². The lowest BCUT2D eigenvalue weighted by Gasteiger charge is -2.41. The summed E-state index contributed by atoms with van der Waals surface area (Å²) >= 11 is 0. The van der Waals surface area contributed by atoms with Crippen LogP contribution >= 0.6 is 0 Å². The lowest BCUT2D eigenvalue weighted by molar-refractivity contribution is -0.146. The highest BCUT2D eigenvalue weighted by Crippen LogP contribution is 2.34. The maximum Gasteiger partial charge on any atom is 0.308 e. The Hall–Kier alpha value is -0.570. The molecular weight excluding hydrogens is 214 g/mol. The molecule has 3 nitrogen and oxygen atoms in total. The predicted molar refractivity (Wildman–Crippen MR) is 67.9 cm³/mol. The lowest BCUT2D eigenvalue weighted by atomic mass is 9.77. The molecule has 2 aliphatic carbocycles. The Labute approximate surface area is 104 Å². The molecule has 0 aromatic heterocycles. The predicted octanol–water partition coefficient (Wildman–Crippen LogP) is 2.61. The molecule has 0 spiro atoms. The van der Waals surface area contributed by atoms with Crippen molar-refractivity contribution in [2.45, 2.75) is 51.5 Å². The number of carboxylic acids is 1. The molecule has 0 heterocycles. The average Bonchev–Trinajstić information content (AvgIpc) is 2.22. The van der Waals surface area contributed by atoms with Crippen LogP contribution in [0, 0.1) is 17.8 Å². The van der Waals surface area contributed by atoms with Gasteiger partial charge in [-0.05, 0) is 51.0 Å². The molecule has 2 aliphatic rings. The minimum absolute atomic E-state index is 0.142. The number of carboxylic acid groups (broad SMARTS) is 1. The van der Waals surface area contributed by atoms with Crippen molar-refractivity contribution < 1.29 is 9.90 Å². The van der Waals surface area contributed by atoms with E-state index in [9.17, 15) is 9.90 Å². The molecule has 3 heteroatoms. The first kappa shape index (κ1) is 12.9. The Morgan fingerprint density at radius 2 is 2.00 bits per heavy atom. The summed E-state index contributed by atoms with van der Waals surface area (Å²) in [6, 6.07) is 0.261. The summed E-state index contributed by atoms with van der Waals surface area (Å²) in [6.07, 6.45) is 7.03. The average molecular weight is 239 g/mol. The summed E-state index contributed by atoms with van der Waals surface area (Å²) < 4.78 is 0. The van der Waals surface area contributed by atoms with Crippen molar-refractivity contribution >= 4 is 5.97 Å². The Kier molecular flexibility index (Phi) is 4.08. The van der Waals surface area contributed by atoms with E-state index in [4.69, 9.17) is 0 Å². The fraction of sp³-hybridized carbons (Fsp3) is 0.929. The van der Waals surface area contributed by atoms with E-state index in [0.29, 0.717) is 5.92 Å². The van der Waals surface area contributed by atoms with Gasteiger partial charge in [-0.1, -0.05) is 13.3 Å². The molecule has 0 aromatic carbocycles. The molecule has 0 radical (unpaired) electrons. The van der Waals surface area contributed by atoms with Crippen LogP contribution in [0.15, 0.2) is 0 Å². The van der Waals surface area contributed by atoms with Crippen molar-refractivity contribution in [3.05, 3.63) is 0 Å². The second-order valence-electron chi connectivity index (χ2n) is 6.17. The van der Waals surface area contributed by atoms with E-state index in [1.807, 2.05) is 0 Å². The van der Waals surface area contributed by atoms with Gasteiger partial charge in [0.1, 0.15) is 0 Å². The standard InChI is InChI=1S/C14H25NO2/c1-10-6-7-12(14(16)17)13(8-10)15(2)9-11-4-3-5-11/h10-13H,3-9H2,1-2H3,(H,16,17). The number of carbonyl (C=O) groups is 1. The van der Waals surface area contributed by atoms with E-state index in [0.717, 1.165) is 31.7 Å². The minimum atomic E-state index is -0.595. The van der Waals surface area contributed by atoms with Gasteiger partial charge in [-0.25, -0.2) is 0 Å². The van der Waals surface area contributed by atoms with E-state index in [1.54, 1.807) is 0 Å². The third-order valence-corrected chi connectivity index (χ3v) is 4.73. The van der Waals surface area contributed by atoms with Gasteiger partial charge in [-0.2, -0.15) is 0 Å². The third-order valence-electron chi connectivity index (χ3n) is 4.73. The molecule has 0 bridgehead atoms. The Balaban J connectivity index is 1.94. The number of hydrogen-bond acceptors (Lipinski definition) is 2. The van der Waals surface area contributed by atoms with Crippen LogP contribution in [-0.4, -0.2) is 35.6 Å². The molecule has 0 amide bonds. The second kappa shape index (κ2) is 5.38. The lowest BCUT2D eigenvalue weighted by Crippen LogP contribution is -2.47. The molecule has 2 saturated carbocycles. The largest absolute Gasteiger partial charge is 0.481 e. The van der Waals surface area contributed by atoms with E-state index < -0.39 is 5.97 Å². The van der Waals surface area contributed by atoms with Gasteiger partial charge in [-0.15, -0.1) is 0 Å². The number of rotatable bonds is 4. The summed E-state index contributed by atoms with van der Waals surface area (Å²) in [5, 5.41) is 9.32. The van der Waals surface area contributed by atoms with Crippen LogP contribution in [0.4, 0.5) is 0 Å². The maximum atomic E-state index is 11.3. The first-order valence-corrected chi connectivity index (χ1v) is 7.01. The van der Waals surface area contributed by atoms with Crippen molar-refractivity contribution in [3.63, 3.8) is 0 Å². The third kappa shape index (κ3) is 3.01. The zero-order valence-electron chi connectivity index (χ0n) is 11.1. The van der Waals surface area contributed by atoms with Gasteiger partial charge in [0.25, 0.3) is 0 Å². The molecule has 0 aromatic rings. The van der Waals surface area contributed by atoms with Crippen LogP contribution in [-0.2, 0) is 4.79 Å². The van der Waals surface area contributed by atoms with E-state index in [-0.39, 0.29) is 12.0 Å². The Bertz CT molecular complexity index is 275. The summed E-state index contributed by atoms with van der Waals surface area (Å²) in [6.45, 7) is 3.35. The van der Waals surface area contributed by atoms with Gasteiger partial charge >= 0.3 is 5.97 Å². The van der Waals surface area contributed by atoms with Gasteiger partial charge in [0.05, 0.1) is 5.92 Å². The molecule has 0 aliphatic heterocycles. The second-order valence-corrected chi connectivity index (χ2v) is 6.17. The van der Waals surface area contributed by atoms with E-state index >= 15 is 0 Å². The van der Waals surface area contributed by atoms with Gasteiger partial charge in [0.15, 0.2) is 0 Å². The summed E-state index contributed by atoms with van der Waals surface area (Å²) in [5.74, 6) is 0.768. The van der Waals surface area contributed by atoms with Crippen LogP contribution in [0.3, 0.4) is 0 Å². The fourth-order valence-corrected chi connectivity index (χ4v) is 3.34. The molecule has 0 saturated heterocycles. The molecule has 98 valence electrons. The first-order valence-electron chi connectivity index (χ1n) is 7.01. The minimum Gasteiger partial charge on any atom is -0.481 e. The molecule has 3 atom stereocenters. The van der Waals surface area contributed by atoms with Crippen LogP contribution in [0.5, 0.6) is 0 Å². The van der Waals surface area contributed by atoms with Gasteiger partial charge in [0, 0.05) is 12.6 Å². The highest BCUT2D eigenvalue weighted by molar-refractivity contribution is 5.71. The summed E-state index contributed by atoms with van der Waals surface area (Å²) in [4.78, 5) is 13.7. The summed E-state index contributed by atoms with van der Waals surface area (Å²) in [7, 11) is 2.12. The topological polar surface area (TPSA) is 40.5 Å². The van der Waals surface area contributed by atoms with E-state index in [1.165, 1.54) is 19.3 Å². The summed E-state index contributed by atoms with van der Waals surface area (Å²) in [5.41, 5.74) is 0. The van der Waals surface area contributed by atoms with Crippen molar-refractivity contribution in [1.29, 1.82) is 0 Å². The number of nitrogens with zero attached hydrogens (tertiary/aromatic N) is 1. The van der Waals surface area contributed by atoms with Crippen LogP contribution in [0.2, 0.25) is 0 Å². The normalized spacial score (nSPS) is 34.6. The van der Waals surface area contributed by atoms with Crippen molar-refractivity contribution in [2.75, 3.05) is 13.6 Å². The Morgan fingerprint density at radius 1 is 1.29 bits per heavy atom. The molecule has 3 unspecified atom stereocenters. The fourth-order valence-electron chi connectivity index (χ4n) is 3.34. The zero-order valence-corrected chi connectivity index (χ0v) is 11.1. The van der Waals surface area contributed by atoms with Gasteiger partial charge in [0.2, 0.25) is 0 Å². The highest BCUT2D eigenvalue weighted by atomic mass is 16.4. The number of hydrogen-bond donors (Lipinski definition) is 1. The SMILES string of the molecule is CC1CCC(C(=O)O)C(N(C)CC2CCC2)C1. The highest BCUT2D eigenvalue weighted by Gasteiger charge is 2.36. The van der Waals surface area contributed by atoms with Gasteiger partial charge < -0.3 is 10.0 Å². The van der Waals surface area contributed by atoms with Crippen molar-refractivity contribution in [3.8, 4) is 0 Å². The van der Waals surface area contributed by atoms with E-state index in [2.05, 4.69) is 18.9 Å².